The van der Waals surface area contributed by atoms with E-state index >= 15 is 0 Å². The number of hydrogen-bond acceptors (Lipinski definition) is 5. The molecule has 2 aromatic rings. The van der Waals surface area contributed by atoms with E-state index in [0.29, 0.717) is 19.1 Å². The molecule has 31 heavy (non-hydrogen) atoms. The zero-order chi connectivity index (χ0) is 22.2. The average Bonchev–Trinajstić information content (AvgIpc) is 3.09. The summed E-state index contributed by atoms with van der Waals surface area (Å²) in [5.74, 6) is 3.26. The summed E-state index contributed by atoms with van der Waals surface area (Å²) in [5, 5.41) is 11.8. The molecule has 1 aromatic carbocycles. The Morgan fingerprint density at radius 1 is 1.13 bits per heavy atom. The van der Waals surface area contributed by atoms with Crippen LogP contribution in [0, 0.1) is 6.92 Å². The van der Waals surface area contributed by atoms with Crippen molar-refractivity contribution in [1.29, 1.82) is 0 Å². The number of rotatable bonds is 8. The van der Waals surface area contributed by atoms with Crippen molar-refractivity contribution in [2.75, 3.05) is 46.4 Å². The third-order valence-corrected chi connectivity index (χ3v) is 5.87. The van der Waals surface area contributed by atoms with Crippen LogP contribution >= 0.6 is 0 Å². The molecule has 0 unspecified atom stereocenters. The molecule has 0 aliphatic carbocycles. The molecule has 0 radical (unpaired) electrons. The molecule has 170 valence electrons. The molecule has 0 atom stereocenters. The Hall–Kier alpha value is -2.45. The highest BCUT2D eigenvalue weighted by Gasteiger charge is 2.20. The molecular formula is C23H37N7O. The van der Waals surface area contributed by atoms with Crippen LogP contribution in [0.3, 0.4) is 0 Å². The number of nitrogens with zero attached hydrogens (tertiary/aromatic N) is 6. The highest BCUT2D eigenvalue weighted by Crippen LogP contribution is 2.16. The van der Waals surface area contributed by atoms with E-state index in [0.717, 1.165) is 56.9 Å². The molecular weight excluding hydrogens is 390 g/mol. The smallest absolute Gasteiger partial charge is 0.194 e. The van der Waals surface area contributed by atoms with Gasteiger partial charge in [-0.05, 0) is 24.0 Å². The Morgan fingerprint density at radius 2 is 1.84 bits per heavy atom. The summed E-state index contributed by atoms with van der Waals surface area (Å²) in [6.45, 7) is 13.2. The monoisotopic (exact) mass is 427 g/mol. The zero-order valence-electron chi connectivity index (χ0n) is 19.6. The standard InChI is InChI=1S/C23H37N7O/c1-18(2)21-8-6-20(7-9-21)17-29-11-13-30(14-12-29)23(24-10-15-31-5)25-16-22-27-26-19(3)28(22)4/h6-9,18H,10-17H2,1-5H3,(H,24,25). The van der Waals surface area contributed by atoms with Crippen LogP contribution in [-0.4, -0.2) is 77.0 Å². The molecule has 2 heterocycles. The van der Waals surface area contributed by atoms with Crippen molar-refractivity contribution < 1.29 is 4.74 Å². The van der Waals surface area contributed by atoms with Crippen LogP contribution < -0.4 is 5.32 Å². The maximum atomic E-state index is 5.20. The number of nitrogens with one attached hydrogen (secondary N) is 1. The topological polar surface area (TPSA) is 70.8 Å². The number of ether oxygens (including phenoxy) is 1. The first kappa shape index (κ1) is 23.2. The summed E-state index contributed by atoms with van der Waals surface area (Å²) >= 11 is 0. The largest absolute Gasteiger partial charge is 0.383 e. The van der Waals surface area contributed by atoms with Gasteiger partial charge in [0.25, 0.3) is 0 Å². The first-order valence-corrected chi connectivity index (χ1v) is 11.2. The molecule has 0 bridgehead atoms. The van der Waals surface area contributed by atoms with Crippen LogP contribution in [0.2, 0.25) is 0 Å². The molecule has 1 aliphatic heterocycles. The van der Waals surface area contributed by atoms with Crippen molar-refractivity contribution in [1.82, 2.24) is 29.9 Å². The average molecular weight is 428 g/mol. The van der Waals surface area contributed by atoms with E-state index < -0.39 is 0 Å². The van der Waals surface area contributed by atoms with Gasteiger partial charge in [0, 0.05) is 53.4 Å². The van der Waals surface area contributed by atoms with Crippen molar-refractivity contribution in [3.63, 3.8) is 0 Å². The predicted octanol–water partition coefficient (Wildman–Crippen LogP) is 2.16. The Labute approximate surface area is 186 Å². The van der Waals surface area contributed by atoms with Crippen molar-refractivity contribution >= 4 is 5.96 Å². The van der Waals surface area contributed by atoms with Crippen LogP contribution in [0.15, 0.2) is 29.3 Å². The molecule has 1 saturated heterocycles. The van der Waals surface area contributed by atoms with Gasteiger partial charge in [0.05, 0.1) is 6.61 Å². The number of aryl methyl sites for hydroxylation is 1. The lowest BCUT2D eigenvalue weighted by Crippen LogP contribution is -2.52. The van der Waals surface area contributed by atoms with Crippen molar-refractivity contribution in [2.45, 2.75) is 39.8 Å². The Balaban J connectivity index is 1.57. The van der Waals surface area contributed by atoms with Crippen molar-refractivity contribution in [2.24, 2.45) is 12.0 Å². The summed E-state index contributed by atoms with van der Waals surface area (Å²) in [5.41, 5.74) is 2.78. The van der Waals surface area contributed by atoms with Gasteiger partial charge in [-0.15, -0.1) is 10.2 Å². The van der Waals surface area contributed by atoms with Gasteiger partial charge in [-0.3, -0.25) is 4.90 Å². The lowest BCUT2D eigenvalue weighted by atomic mass is 10.0. The predicted molar refractivity (Wildman–Crippen MR) is 124 cm³/mol. The van der Waals surface area contributed by atoms with E-state index in [1.54, 1.807) is 7.11 Å². The van der Waals surface area contributed by atoms with Crippen LogP contribution in [-0.2, 0) is 24.9 Å². The fourth-order valence-electron chi connectivity index (χ4n) is 3.65. The summed E-state index contributed by atoms with van der Waals surface area (Å²) in [7, 11) is 3.69. The summed E-state index contributed by atoms with van der Waals surface area (Å²) in [4.78, 5) is 9.68. The quantitative estimate of drug-likeness (QED) is 0.396. The summed E-state index contributed by atoms with van der Waals surface area (Å²) < 4.78 is 7.19. The van der Waals surface area contributed by atoms with Gasteiger partial charge in [-0.1, -0.05) is 38.1 Å². The molecule has 3 rings (SSSR count). The fourth-order valence-corrected chi connectivity index (χ4v) is 3.65. The lowest BCUT2D eigenvalue weighted by Gasteiger charge is -2.36. The fraction of sp³-hybridized carbons (Fsp3) is 0.609. The molecule has 0 spiro atoms. The minimum atomic E-state index is 0.509. The van der Waals surface area contributed by atoms with Gasteiger partial charge < -0.3 is 19.5 Å². The highest BCUT2D eigenvalue weighted by atomic mass is 16.5. The van der Waals surface area contributed by atoms with E-state index in [-0.39, 0.29) is 0 Å². The van der Waals surface area contributed by atoms with Gasteiger partial charge >= 0.3 is 0 Å². The second kappa shape index (κ2) is 11.2. The second-order valence-corrected chi connectivity index (χ2v) is 8.44. The van der Waals surface area contributed by atoms with Gasteiger partial charge in [0.2, 0.25) is 0 Å². The van der Waals surface area contributed by atoms with Gasteiger partial charge in [-0.2, -0.15) is 0 Å². The lowest BCUT2D eigenvalue weighted by molar-refractivity contribution is 0.169. The molecule has 0 amide bonds. The second-order valence-electron chi connectivity index (χ2n) is 8.44. The Kier molecular flexibility index (Phi) is 8.43. The van der Waals surface area contributed by atoms with Gasteiger partial charge in [0.1, 0.15) is 12.4 Å². The van der Waals surface area contributed by atoms with Crippen LogP contribution in [0.5, 0.6) is 0 Å². The highest BCUT2D eigenvalue weighted by molar-refractivity contribution is 5.80. The third-order valence-electron chi connectivity index (χ3n) is 5.87. The molecule has 1 aromatic heterocycles. The molecule has 1 N–H and O–H groups in total. The normalized spacial score (nSPS) is 15.7. The van der Waals surface area contributed by atoms with E-state index in [4.69, 9.17) is 9.73 Å². The van der Waals surface area contributed by atoms with Gasteiger partial charge in [0.15, 0.2) is 11.8 Å². The van der Waals surface area contributed by atoms with Crippen molar-refractivity contribution in [3.05, 3.63) is 47.0 Å². The van der Waals surface area contributed by atoms with E-state index in [1.807, 2.05) is 18.5 Å². The number of hydrogen-bond donors (Lipinski definition) is 1. The maximum absolute atomic E-state index is 5.20. The van der Waals surface area contributed by atoms with Gasteiger partial charge in [-0.25, -0.2) is 4.99 Å². The number of guanidine groups is 1. The molecule has 1 aliphatic rings. The van der Waals surface area contributed by atoms with E-state index in [1.165, 1.54) is 11.1 Å². The Morgan fingerprint density at radius 3 is 2.42 bits per heavy atom. The summed E-state index contributed by atoms with van der Waals surface area (Å²) in [6, 6.07) is 9.05. The minimum absolute atomic E-state index is 0.509. The molecule has 0 saturated carbocycles. The van der Waals surface area contributed by atoms with E-state index in [2.05, 4.69) is 63.4 Å². The number of aliphatic imine (C=N–C) groups is 1. The van der Waals surface area contributed by atoms with Crippen LogP contribution in [0.1, 0.15) is 42.5 Å². The first-order chi connectivity index (χ1) is 15.0. The van der Waals surface area contributed by atoms with Crippen LogP contribution in [0.4, 0.5) is 0 Å². The summed E-state index contributed by atoms with van der Waals surface area (Å²) in [6.07, 6.45) is 0. The molecule has 8 nitrogen and oxygen atoms in total. The number of aromatic nitrogens is 3. The van der Waals surface area contributed by atoms with E-state index in [9.17, 15) is 0 Å². The molecule has 1 fully saturated rings. The third kappa shape index (κ3) is 6.51. The van der Waals surface area contributed by atoms with Crippen molar-refractivity contribution in [3.8, 4) is 0 Å². The maximum Gasteiger partial charge on any atom is 0.194 e. The molecule has 8 heteroatoms. The number of methoxy groups -OCH3 is 1. The number of benzene rings is 1. The Bertz CT molecular complexity index is 836. The van der Waals surface area contributed by atoms with Crippen LogP contribution in [0.25, 0.3) is 0 Å². The first-order valence-electron chi connectivity index (χ1n) is 11.2. The zero-order valence-corrected chi connectivity index (χ0v) is 19.6. The minimum Gasteiger partial charge on any atom is -0.383 e. The number of piperazine rings is 1. The SMILES string of the molecule is COCCNC(=NCc1nnc(C)n1C)N1CCN(Cc2ccc(C(C)C)cc2)CC1.